The zero-order valence-corrected chi connectivity index (χ0v) is 10.5. The molecule has 16 heavy (non-hydrogen) atoms. The first-order valence-electron chi connectivity index (χ1n) is 7.05. The third kappa shape index (κ3) is 3.46. The van der Waals surface area contributed by atoms with E-state index in [4.69, 9.17) is 4.74 Å². The lowest BCUT2D eigenvalue weighted by atomic mass is 9.89. The molecule has 2 saturated carbocycles. The molecule has 2 aliphatic rings. The number of ether oxygens (including phenoxy) is 1. The van der Waals surface area contributed by atoms with Gasteiger partial charge in [0.05, 0.1) is 12.2 Å². The summed E-state index contributed by atoms with van der Waals surface area (Å²) in [7, 11) is 0. The van der Waals surface area contributed by atoms with Crippen molar-refractivity contribution in [1.29, 1.82) is 0 Å². The maximum atomic E-state index is 9.71. The van der Waals surface area contributed by atoms with Crippen LogP contribution in [0.25, 0.3) is 0 Å². The van der Waals surface area contributed by atoms with Crippen molar-refractivity contribution in [2.75, 3.05) is 6.61 Å². The van der Waals surface area contributed by atoms with Crippen LogP contribution in [-0.2, 0) is 4.74 Å². The van der Waals surface area contributed by atoms with Crippen molar-refractivity contribution in [3.63, 3.8) is 0 Å². The monoisotopic (exact) mass is 226 g/mol. The van der Waals surface area contributed by atoms with Crippen LogP contribution >= 0.6 is 0 Å². The molecule has 0 heterocycles. The lowest BCUT2D eigenvalue weighted by molar-refractivity contribution is 0.00530. The van der Waals surface area contributed by atoms with Gasteiger partial charge in [0, 0.05) is 6.61 Å². The Balaban J connectivity index is 1.57. The molecule has 0 bridgehead atoms. The maximum absolute atomic E-state index is 9.71. The first kappa shape index (κ1) is 12.4. The molecule has 2 unspecified atom stereocenters. The normalized spacial score (nSPS) is 40.1. The fraction of sp³-hybridized carbons (Fsp3) is 1.00. The molecule has 2 rings (SSSR count). The smallest absolute Gasteiger partial charge is 0.0575 e. The molecular formula is C14H26O2. The van der Waals surface area contributed by atoms with E-state index < -0.39 is 0 Å². The largest absolute Gasteiger partial charge is 0.393 e. The van der Waals surface area contributed by atoms with Gasteiger partial charge in [0.1, 0.15) is 0 Å². The highest BCUT2D eigenvalue weighted by molar-refractivity contribution is 4.76. The van der Waals surface area contributed by atoms with Crippen molar-refractivity contribution in [3.05, 3.63) is 0 Å². The van der Waals surface area contributed by atoms with Gasteiger partial charge in [0.25, 0.3) is 0 Å². The number of hydrogen-bond acceptors (Lipinski definition) is 2. The number of hydrogen-bond donors (Lipinski definition) is 1. The van der Waals surface area contributed by atoms with E-state index in [9.17, 15) is 5.11 Å². The van der Waals surface area contributed by atoms with Gasteiger partial charge in [-0.1, -0.05) is 13.3 Å². The van der Waals surface area contributed by atoms with Crippen LogP contribution in [0.4, 0.5) is 0 Å². The Hall–Kier alpha value is -0.0800. The summed E-state index contributed by atoms with van der Waals surface area (Å²) in [5, 5.41) is 9.71. The molecule has 1 N–H and O–H groups in total. The van der Waals surface area contributed by atoms with Gasteiger partial charge in [-0.2, -0.15) is 0 Å². The molecule has 0 amide bonds. The topological polar surface area (TPSA) is 29.5 Å². The third-order valence-electron chi connectivity index (χ3n) is 4.42. The van der Waals surface area contributed by atoms with Crippen LogP contribution in [0.1, 0.15) is 58.3 Å². The minimum atomic E-state index is -0.0463. The van der Waals surface area contributed by atoms with E-state index in [1.165, 1.54) is 38.5 Å². The van der Waals surface area contributed by atoms with Crippen LogP contribution in [0.2, 0.25) is 0 Å². The number of aliphatic hydroxyl groups is 1. The summed E-state index contributed by atoms with van der Waals surface area (Å²) in [6.45, 7) is 3.20. The molecule has 0 aliphatic heterocycles. The number of rotatable bonds is 4. The van der Waals surface area contributed by atoms with Gasteiger partial charge in [0.15, 0.2) is 0 Å². The van der Waals surface area contributed by atoms with Crippen molar-refractivity contribution in [2.45, 2.75) is 70.5 Å². The average molecular weight is 226 g/mol. The molecule has 94 valence electrons. The van der Waals surface area contributed by atoms with E-state index in [2.05, 4.69) is 6.92 Å². The van der Waals surface area contributed by atoms with E-state index in [0.717, 1.165) is 25.4 Å². The first-order valence-corrected chi connectivity index (χ1v) is 7.05. The highest BCUT2D eigenvalue weighted by atomic mass is 16.5. The van der Waals surface area contributed by atoms with Gasteiger partial charge in [0.2, 0.25) is 0 Å². The fourth-order valence-electron chi connectivity index (χ4n) is 3.14. The molecule has 2 fully saturated rings. The van der Waals surface area contributed by atoms with Gasteiger partial charge in [-0.3, -0.25) is 0 Å². The van der Waals surface area contributed by atoms with Crippen molar-refractivity contribution in [1.82, 2.24) is 0 Å². The van der Waals surface area contributed by atoms with Crippen LogP contribution in [0.5, 0.6) is 0 Å². The van der Waals surface area contributed by atoms with E-state index in [1.54, 1.807) is 0 Å². The maximum Gasteiger partial charge on any atom is 0.0575 e. The van der Waals surface area contributed by atoms with E-state index in [-0.39, 0.29) is 6.10 Å². The Morgan fingerprint density at radius 2 is 1.81 bits per heavy atom. The summed E-state index contributed by atoms with van der Waals surface area (Å²) in [6.07, 6.45) is 10.1. The summed E-state index contributed by atoms with van der Waals surface area (Å²) in [4.78, 5) is 0. The molecule has 0 radical (unpaired) electrons. The molecule has 0 aromatic carbocycles. The molecule has 2 nitrogen and oxygen atoms in total. The highest BCUT2D eigenvalue weighted by Gasteiger charge is 2.25. The predicted molar refractivity (Wildman–Crippen MR) is 65.3 cm³/mol. The van der Waals surface area contributed by atoms with E-state index in [1.807, 2.05) is 0 Å². The average Bonchev–Trinajstić information content (AvgIpc) is 2.68. The summed E-state index contributed by atoms with van der Waals surface area (Å²) in [5.74, 6) is 1.42. The highest BCUT2D eigenvalue weighted by Crippen LogP contribution is 2.29. The molecule has 2 atom stereocenters. The van der Waals surface area contributed by atoms with E-state index in [0.29, 0.717) is 12.0 Å². The van der Waals surface area contributed by atoms with Crippen LogP contribution in [0, 0.1) is 11.8 Å². The predicted octanol–water partition coefficient (Wildman–Crippen LogP) is 3.13. The molecule has 2 aliphatic carbocycles. The Bertz CT molecular complexity index is 197. The molecule has 0 saturated heterocycles. The fourth-order valence-corrected chi connectivity index (χ4v) is 3.14. The second-order valence-corrected chi connectivity index (χ2v) is 5.80. The van der Waals surface area contributed by atoms with Crippen LogP contribution in [0.3, 0.4) is 0 Å². The van der Waals surface area contributed by atoms with Crippen molar-refractivity contribution >= 4 is 0 Å². The van der Waals surface area contributed by atoms with Gasteiger partial charge in [-0.05, 0) is 56.8 Å². The minimum Gasteiger partial charge on any atom is -0.393 e. The molecular weight excluding hydrogens is 200 g/mol. The Labute approximate surface area is 99.4 Å². The molecule has 0 aromatic heterocycles. The second kappa shape index (κ2) is 6.02. The lowest BCUT2D eigenvalue weighted by Crippen LogP contribution is -2.22. The quantitative estimate of drug-likeness (QED) is 0.798. The van der Waals surface area contributed by atoms with Crippen molar-refractivity contribution < 1.29 is 9.84 Å². The zero-order chi connectivity index (χ0) is 11.4. The SMILES string of the molecule is CC1CCC(OCCC2CCCC2O)CC1. The molecule has 2 heteroatoms. The van der Waals surface area contributed by atoms with E-state index >= 15 is 0 Å². The second-order valence-electron chi connectivity index (χ2n) is 5.80. The van der Waals surface area contributed by atoms with Crippen molar-refractivity contribution in [3.8, 4) is 0 Å². The first-order chi connectivity index (χ1) is 7.75. The minimum absolute atomic E-state index is 0.0463. The summed E-state index contributed by atoms with van der Waals surface area (Å²) in [5.41, 5.74) is 0. The molecule has 0 spiro atoms. The lowest BCUT2D eigenvalue weighted by Gasteiger charge is -2.27. The van der Waals surface area contributed by atoms with Crippen LogP contribution < -0.4 is 0 Å². The van der Waals surface area contributed by atoms with Crippen LogP contribution in [-0.4, -0.2) is 23.9 Å². The standard InChI is InChI=1S/C14H26O2/c1-11-5-7-13(8-6-11)16-10-9-12-3-2-4-14(12)15/h11-15H,2-10H2,1H3. The van der Waals surface area contributed by atoms with Crippen LogP contribution in [0.15, 0.2) is 0 Å². The van der Waals surface area contributed by atoms with Crippen molar-refractivity contribution in [2.24, 2.45) is 11.8 Å². The third-order valence-corrected chi connectivity index (χ3v) is 4.42. The Kier molecular flexibility index (Phi) is 4.66. The summed E-state index contributed by atoms with van der Waals surface area (Å²) < 4.78 is 5.93. The Morgan fingerprint density at radius 1 is 1.06 bits per heavy atom. The van der Waals surface area contributed by atoms with Gasteiger partial charge < -0.3 is 9.84 Å². The zero-order valence-electron chi connectivity index (χ0n) is 10.5. The van der Waals surface area contributed by atoms with Gasteiger partial charge in [-0.25, -0.2) is 0 Å². The number of aliphatic hydroxyl groups excluding tert-OH is 1. The summed E-state index contributed by atoms with van der Waals surface area (Å²) >= 11 is 0. The Morgan fingerprint density at radius 3 is 2.44 bits per heavy atom. The van der Waals surface area contributed by atoms with Gasteiger partial charge in [-0.15, -0.1) is 0 Å². The van der Waals surface area contributed by atoms with Gasteiger partial charge >= 0.3 is 0 Å². The summed E-state index contributed by atoms with van der Waals surface area (Å²) in [6, 6.07) is 0. The molecule has 0 aromatic rings.